The second-order valence-corrected chi connectivity index (χ2v) is 8.45. The number of benzene rings is 2. The van der Waals surface area contributed by atoms with E-state index in [2.05, 4.69) is 32.8 Å². The maximum Gasteiger partial charge on any atom is 0.268 e. The zero-order chi connectivity index (χ0) is 27.3. The van der Waals surface area contributed by atoms with Gasteiger partial charge in [0.15, 0.2) is 0 Å². The van der Waals surface area contributed by atoms with Crippen LogP contribution in [0.1, 0.15) is 34.8 Å². The summed E-state index contributed by atoms with van der Waals surface area (Å²) in [6.45, 7) is 3.10. The molecule has 0 saturated heterocycles. The van der Waals surface area contributed by atoms with Gasteiger partial charge in [-0.2, -0.15) is 0 Å². The number of anilines is 1. The lowest BCUT2D eigenvalue weighted by Gasteiger charge is -2.19. The van der Waals surface area contributed by atoms with E-state index in [-0.39, 0.29) is 18.0 Å². The summed E-state index contributed by atoms with van der Waals surface area (Å²) in [4.78, 5) is 40.1. The molecule has 3 amide bonds. The van der Waals surface area contributed by atoms with Gasteiger partial charge in [-0.25, -0.2) is 10.5 Å². The van der Waals surface area contributed by atoms with Crippen molar-refractivity contribution in [2.24, 2.45) is 0 Å². The van der Waals surface area contributed by atoms with Gasteiger partial charge in [-0.15, -0.1) is 0 Å². The first-order valence-electron chi connectivity index (χ1n) is 12.0. The summed E-state index contributed by atoms with van der Waals surface area (Å²) in [5.41, 5.74) is 3.76. The summed E-state index contributed by atoms with van der Waals surface area (Å²) >= 11 is 0. The largest absolute Gasteiger partial charge is 0.391 e. The highest BCUT2D eigenvalue weighted by Gasteiger charge is 2.25. The van der Waals surface area contributed by atoms with E-state index in [9.17, 15) is 19.5 Å². The molecule has 0 saturated carbocycles. The molecule has 1 heterocycles. The van der Waals surface area contributed by atoms with Crippen molar-refractivity contribution in [3.8, 4) is 11.8 Å². The fraction of sp³-hybridized carbons (Fsp3) is 0.259. The first-order valence-corrected chi connectivity index (χ1v) is 12.0. The molecule has 0 spiro atoms. The molecule has 2 aromatic carbocycles. The van der Waals surface area contributed by atoms with Gasteiger partial charge >= 0.3 is 0 Å². The number of carbonyl (C=O) groups is 3. The minimum Gasteiger partial charge on any atom is -0.391 e. The van der Waals surface area contributed by atoms with Crippen LogP contribution in [-0.2, 0) is 16.1 Å². The quantitative estimate of drug-likeness (QED) is 0.0952. The fourth-order valence-corrected chi connectivity index (χ4v) is 3.40. The van der Waals surface area contributed by atoms with E-state index in [1.165, 1.54) is 12.4 Å². The maximum absolute atomic E-state index is 12.4. The predicted molar refractivity (Wildman–Crippen MR) is 140 cm³/mol. The molecule has 38 heavy (non-hydrogen) atoms. The van der Waals surface area contributed by atoms with E-state index in [0.717, 1.165) is 25.1 Å². The Balaban J connectivity index is 1.45. The van der Waals surface area contributed by atoms with Crippen LogP contribution in [0.3, 0.4) is 0 Å². The summed E-state index contributed by atoms with van der Waals surface area (Å²) < 4.78 is 1.98. The monoisotopic (exact) mass is 518 g/mol. The van der Waals surface area contributed by atoms with Crippen LogP contribution in [-0.4, -0.2) is 62.8 Å². The zero-order valence-electron chi connectivity index (χ0n) is 20.8. The lowest BCUT2D eigenvalue weighted by molar-refractivity contribution is -0.133. The van der Waals surface area contributed by atoms with Crippen molar-refractivity contribution in [2.45, 2.75) is 32.0 Å². The van der Waals surface area contributed by atoms with Gasteiger partial charge in [0.05, 0.1) is 19.0 Å². The number of nitrogens with zero attached hydrogens (tertiary/aromatic N) is 2. The van der Waals surface area contributed by atoms with Crippen LogP contribution in [0, 0.1) is 11.8 Å². The molecule has 11 heteroatoms. The van der Waals surface area contributed by atoms with Crippen molar-refractivity contribution in [1.29, 1.82) is 0 Å². The molecule has 0 aliphatic heterocycles. The third-order valence-electron chi connectivity index (χ3n) is 5.44. The Labute approximate surface area is 220 Å². The van der Waals surface area contributed by atoms with Gasteiger partial charge in [0.2, 0.25) is 5.91 Å². The van der Waals surface area contributed by atoms with Crippen molar-refractivity contribution in [3.05, 3.63) is 83.9 Å². The van der Waals surface area contributed by atoms with Crippen LogP contribution in [0.2, 0.25) is 0 Å². The molecule has 0 bridgehead atoms. The first-order chi connectivity index (χ1) is 18.4. The van der Waals surface area contributed by atoms with Crippen molar-refractivity contribution >= 4 is 23.4 Å². The third-order valence-corrected chi connectivity index (χ3v) is 5.44. The SMILES string of the molecule is CC(O)C(NC(=O)c1ccc(C#Cc2ccc(NC(=O)CNCCCn3ccnc3)cc2)cc1)C(=O)NO. The molecule has 0 fully saturated rings. The highest BCUT2D eigenvalue weighted by atomic mass is 16.5. The number of hydroxylamine groups is 1. The smallest absolute Gasteiger partial charge is 0.268 e. The van der Waals surface area contributed by atoms with Gasteiger partial charge in [0.25, 0.3) is 11.8 Å². The first kappa shape index (κ1) is 28.1. The number of rotatable bonds is 11. The molecule has 2 unspecified atom stereocenters. The summed E-state index contributed by atoms with van der Waals surface area (Å²) in [5.74, 6) is 4.39. The van der Waals surface area contributed by atoms with Crippen molar-refractivity contribution in [1.82, 2.24) is 25.7 Å². The van der Waals surface area contributed by atoms with Crippen LogP contribution >= 0.6 is 0 Å². The number of aliphatic hydroxyl groups is 1. The second kappa shape index (κ2) is 14.3. The Hall–Kier alpha value is -4.50. The van der Waals surface area contributed by atoms with Gasteiger partial charge in [-0.3, -0.25) is 19.6 Å². The molecular formula is C27H30N6O5. The maximum atomic E-state index is 12.4. The number of imidazole rings is 1. The molecule has 3 aromatic rings. The van der Waals surface area contributed by atoms with Crippen LogP contribution < -0.4 is 21.4 Å². The highest BCUT2D eigenvalue weighted by molar-refractivity contribution is 5.97. The fourth-order valence-electron chi connectivity index (χ4n) is 3.40. The Kier molecular flexibility index (Phi) is 10.6. The highest BCUT2D eigenvalue weighted by Crippen LogP contribution is 2.10. The molecule has 198 valence electrons. The summed E-state index contributed by atoms with van der Waals surface area (Å²) in [7, 11) is 0. The van der Waals surface area contributed by atoms with Crippen molar-refractivity contribution in [3.63, 3.8) is 0 Å². The number of aryl methyl sites for hydroxylation is 1. The standard InChI is InChI=1S/C27H30N6O5/c1-19(34)25(27(37)32-38)31-26(36)22-9-5-20(6-10-22)3-4-21-7-11-23(12-8-21)30-24(35)17-28-13-2-15-33-16-14-29-18-33/h5-12,14,16,18-19,25,28,34,38H,2,13,15,17H2,1H3,(H,30,35)(H,31,36)(H,32,37). The molecule has 2 atom stereocenters. The number of hydrogen-bond acceptors (Lipinski definition) is 7. The molecule has 11 nitrogen and oxygen atoms in total. The topological polar surface area (TPSA) is 158 Å². The van der Waals surface area contributed by atoms with E-state index < -0.39 is 24.0 Å². The average molecular weight is 519 g/mol. The minimum atomic E-state index is -1.30. The Morgan fingerprint density at radius 1 is 1.03 bits per heavy atom. The minimum absolute atomic E-state index is 0.132. The van der Waals surface area contributed by atoms with Gasteiger partial charge in [0, 0.05) is 41.3 Å². The molecule has 1 aromatic heterocycles. The Morgan fingerprint density at radius 2 is 1.68 bits per heavy atom. The van der Waals surface area contributed by atoms with Crippen LogP contribution in [0.4, 0.5) is 5.69 Å². The number of amides is 3. The zero-order valence-corrected chi connectivity index (χ0v) is 20.8. The van der Waals surface area contributed by atoms with E-state index in [1.54, 1.807) is 61.1 Å². The summed E-state index contributed by atoms with van der Waals surface area (Å²) in [6, 6.07) is 12.2. The molecule has 3 rings (SSSR count). The summed E-state index contributed by atoms with van der Waals surface area (Å²) in [6.07, 6.45) is 5.09. The van der Waals surface area contributed by atoms with Gasteiger partial charge < -0.3 is 25.6 Å². The predicted octanol–water partition coefficient (Wildman–Crippen LogP) is 0.886. The number of nitrogens with one attached hydrogen (secondary N) is 4. The van der Waals surface area contributed by atoms with Crippen molar-refractivity contribution < 1.29 is 24.7 Å². The number of aliphatic hydroxyl groups excluding tert-OH is 1. The van der Waals surface area contributed by atoms with E-state index >= 15 is 0 Å². The van der Waals surface area contributed by atoms with Gasteiger partial charge in [-0.05, 0) is 68.4 Å². The van der Waals surface area contributed by atoms with E-state index in [4.69, 9.17) is 5.21 Å². The van der Waals surface area contributed by atoms with Crippen molar-refractivity contribution in [2.75, 3.05) is 18.4 Å². The lowest BCUT2D eigenvalue weighted by Crippen LogP contribution is -2.51. The second-order valence-electron chi connectivity index (χ2n) is 8.45. The molecule has 6 N–H and O–H groups in total. The molecular weight excluding hydrogens is 488 g/mol. The molecule has 0 aliphatic carbocycles. The lowest BCUT2D eigenvalue weighted by atomic mass is 10.1. The normalized spacial score (nSPS) is 12.0. The van der Waals surface area contributed by atoms with E-state index in [1.807, 2.05) is 10.8 Å². The van der Waals surface area contributed by atoms with E-state index in [0.29, 0.717) is 11.3 Å². The third kappa shape index (κ3) is 8.86. The van der Waals surface area contributed by atoms with Gasteiger partial charge in [-0.1, -0.05) is 11.8 Å². The summed E-state index contributed by atoms with van der Waals surface area (Å²) in [5, 5.41) is 26.7. The van der Waals surface area contributed by atoms with Crippen LogP contribution in [0.15, 0.2) is 67.3 Å². The van der Waals surface area contributed by atoms with Gasteiger partial charge in [0.1, 0.15) is 6.04 Å². The molecule has 0 radical (unpaired) electrons. The van der Waals surface area contributed by atoms with Crippen LogP contribution in [0.25, 0.3) is 0 Å². The number of hydrogen-bond donors (Lipinski definition) is 6. The molecule has 0 aliphatic rings. The average Bonchev–Trinajstić information content (AvgIpc) is 3.44. The Morgan fingerprint density at radius 3 is 2.26 bits per heavy atom. The Bertz CT molecular complexity index is 1260. The van der Waals surface area contributed by atoms with Crippen LogP contribution in [0.5, 0.6) is 0 Å². The number of aromatic nitrogens is 2. The number of carbonyl (C=O) groups excluding carboxylic acids is 3.